The van der Waals surface area contributed by atoms with Crippen LogP contribution >= 0.6 is 0 Å². The van der Waals surface area contributed by atoms with Crippen LogP contribution in [-0.4, -0.2) is 31.1 Å². The summed E-state index contributed by atoms with van der Waals surface area (Å²) in [4.78, 5) is 41.1. The van der Waals surface area contributed by atoms with Gasteiger partial charge in [-0.1, -0.05) is 0 Å². The van der Waals surface area contributed by atoms with E-state index >= 15 is 0 Å². The Kier molecular flexibility index (Phi) is 3.34. The number of rotatable bonds is 3. The predicted molar refractivity (Wildman–Crippen MR) is 90.2 cm³/mol. The molecule has 0 atom stereocenters. The Bertz CT molecular complexity index is 1140. The molecule has 0 bridgehead atoms. The number of nitrogens with zero attached hydrogens (tertiary/aromatic N) is 4. The molecule has 1 aliphatic heterocycles. The first-order chi connectivity index (χ1) is 12.0. The molecular weight excluding hydrogens is 324 g/mol. The van der Waals surface area contributed by atoms with Crippen molar-refractivity contribution in [1.82, 2.24) is 18.7 Å². The lowest BCUT2D eigenvalue weighted by atomic mass is 10.1. The van der Waals surface area contributed by atoms with Crippen LogP contribution in [0.4, 0.5) is 0 Å². The highest BCUT2D eigenvalue weighted by molar-refractivity contribution is 5.97. The van der Waals surface area contributed by atoms with Crippen molar-refractivity contribution in [2.75, 3.05) is 6.61 Å². The normalized spacial score (nSPS) is 13.0. The number of carbonyl (C=O) groups is 1. The predicted octanol–water partition coefficient (Wildman–Crippen LogP) is 0.251. The summed E-state index contributed by atoms with van der Waals surface area (Å²) in [7, 11) is 2.95. The first kappa shape index (κ1) is 15.4. The number of imidazole rings is 1. The van der Waals surface area contributed by atoms with E-state index in [9.17, 15) is 14.4 Å². The third-order valence-electron chi connectivity index (χ3n) is 4.54. The van der Waals surface area contributed by atoms with Gasteiger partial charge in [0, 0.05) is 26.1 Å². The van der Waals surface area contributed by atoms with Gasteiger partial charge >= 0.3 is 5.69 Å². The molecular formula is C17H16N4O4. The molecule has 2 aromatic heterocycles. The van der Waals surface area contributed by atoms with Crippen molar-refractivity contribution in [3.8, 4) is 5.75 Å². The summed E-state index contributed by atoms with van der Waals surface area (Å²) in [6.45, 7) is 0.604. The number of benzene rings is 1. The zero-order chi connectivity index (χ0) is 17.7. The lowest BCUT2D eigenvalue weighted by Crippen LogP contribution is -2.37. The van der Waals surface area contributed by atoms with Crippen molar-refractivity contribution >= 4 is 16.9 Å². The SMILES string of the molecule is Cn1c(=O)c2c(ncn2CC(=O)c2ccc3c(c2)CCO3)n(C)c1=O. The van der Waals surface area contributed by atoms with E-state index in [1.54, 1.807) is 19.2 Å². The molecule has 128 valence electrons. The molecule has 25 heavy (non-hydrogen) atoms. The summed E-state index contributed by atoms with van der Waals surface area (Å²) in [5.74, 6) is 0.679. The van der Waals surface area contributed by atoms with Gasteiger partial charge in [0.25, 0.3) is 5.56 Å². The molecule has 0 saturated heterocycles. The minimum absolute atomic E-state index is 0.0242. The topological polar surface area (TPSA) is 88.1 Å². The quantitative estimate of drug-likeness (QED) is 0.638. The summed E-state index contributed by atoms with van der Waals surface area (Å²) in [5, 5.41) is 0. The van der Waals surface area contributed by atoms with Crippen LogP contribution < -0.4 is 16.0 Å². The van der Waals surface area contributed by atoms with E-state index in [1.165, 1.54) is 22.5 Å². The van der Waals surface area contributed by atoms with Crippen LogP contribution in [-0.2, 0) is 27.1 Å². The molecule has 0 N–H and O–H groups in total. The van der Waals surface area contributed by atoms with Crippen LogP contribution in [0, 0.1) is 0 Å². The Morgan fingerprint density at radius 1 is 1.24 bits per heavy atom. The summed E-state index contributed by atoms with van der Waals surface area (Å²) < 4.78 is 9.24. The maximum absolute atomic E-state index is 12.6. The zero-order valence-corrected chi connectivity index (χ0v) is 13.9. The lowest BCUT2D eigenvalue weighted by Gasteiger charge is -2.07. The number of aryl methyl sites for hydroxylation is 1. The maximum atomic E-state index is 12.6. The summed E-state index contributed by atoms with van der Waals surface area (Å²) in [5.41, 5.74) is 1.16. The highest BCUT2D eigenvalue weighted by atomic mass is 16.5. The second kappa shape index (κ2) is 5.44. The van der Waals surface area contributed by atoms with Crippen molar-refractivity contribution in [3.05, 3.63) is 56.5 Å². The minimum Gasteiger partial charge on any atom is -0.493 e. The van der Waals surface area contributed by atoms with Gasteiger partial charge in [0.2, 0.25) is 0 Å². The van der Waals surface area contributed by atoms with Gasteiger partial charge in [0.1, 0.15) is 5.75 Å². The van der Waals surface area contributed by atoms with Crippen LogP contribution in [0.3, 0.4) is 0 Å². The Hall–Kier alpha value is -3.16. The third kappa shape index (κ3) is 2.29. The van der Waals surface area contributed by atoms with Crippen molar-refractivity contribution in [3.63, 3.8) is 0 Å². The molecule has 0 aliphatic carbocycles. The molecule has 4 rings (SSSR count). The highest BCUT2D eigenvalue weighted by Crippen LogP contribution is 2.26. The van der Waals surface area contributed by atoms with E-state index in [0.717, 1.165) is 22.3 Å². The molecule has 1 aliphatic rings. The average Bonchev–Trinajstić information content (AvgIpc) is 3.24. The number of fused-ring (bicyclic) bond motifs is 2. The number of aromatic nitrogens is 4. The van der Waals surface area contributed by atoms with Gasteiger partial charge in [-0.3, -0.25) is 18.7 Å². The van der Waals surface area contributed by atoms with Crippen LogP contribution in [0.15, 0.2) is 34.1 Å². The van der Waals surface area contributed by atoms with Gasteiger partial charge in [0.15, 0.2) is 16.9 Å². The second-order valence-corrected chi connectivity index (χ2v) is 6.09. The Balaban J connectivity index is 1.75. The number of ether oxygens (including phenoxy) is 1. The second-order valence-electron chi connectivity index (χ2n) is 6.09. The minimum atomic E-state index is -0.467. The van der Waals surface area contributed by atoms with E-state index in [2.05, 4.69) is 4.98 Å². The molecule has 0 unspecified atom stereocenters. The fourth-order valence-corrected chi connectivity index (χ4v) is 3.12. The van der Waals surface area contributed by atoms with Gasteiger partial charge < -0.3 is 9.30 Å². The van der Waals surface area contributed by atoms with Crippen molar-refractivity contribution in [1.29, 1.82) is 0 Å². The maximum Gasteiger partial charge on any atom is 0.332 e. The molecule has 0 spiro atoms. The van der Waals surface area contributed by atoms with Gasteiger partial charge in [-0.2, -0.15) is 0 Å². The van der Waals surface area contributed by atoms with Crippen LogP contribution in [0.1, 0.15) is 15.9 Å². The van der Waals surface area contributed by atoms with Crippen molar-refractivity contribution in [2.24, 2.45) is 14.1 Å². The molecule has 8 heteroatoms. The van der Waals surface area contributed by atoms with E-state index in [-0.39, 0.29) is 23.5 Å². The number of Topliss-reactive ketones (excluding diaryl/α,β-unsaturated/α-hetero) is 1. The lowest BCUT2D eigenvalue weighted by molar-refractivity contribution is 0.0973. The Labute approximate surface area is 141 Å². The van der Waals surface area contributed by atoms with Crippen LogP contribution in [0.25, 0.3) is 11.2 Å². The Morgan fingerprint density at radius 2 is 2.04 bits per heavy atom. The van der Waals surface area contributed by atoms with Gasteiger partial charge in [0.05, 0.1) is 19.5 Å². The van der Waals surface area contributed by atoms with Crippen LogP contribution in [0.2, 0.25) is 0 Å². The average molecular weight is 340 g/mol. The fourth-order valence-electron chi connectivity index (χ4n) is 3.12. The van der Waals surface area contributed by atoms with E-state index in [1.807, 2.05) is 6.07 Å². The molecule has 1 aromatic carbocycles. The van der Waals surface area contributed by atoms with Crippen molar-refractivity contribution in [2.45, 2.75) is 13.0 Å². The number of carbonyl (C=O) groups excluding carboxylic acids is 1. The molecule has 0 amide bonds. The van der Waals surface area contributed by atoms with E-state index in [4.69, 9.17) is 4.74 Å². The third-order valence-corrected chi connectivity index (χ3v) is 4.54. The summed E-state index contributed by atoms with van der Waals surface area (Å²) >= 11 is 0. The molecule has 0 fully saturated rings. The zero-order valence-electron chi connectivity index (χ0n) is 13.9. The Morgan fingerprint density at radius 3 is 2.84 bits per heavy atom. The monoisotopic (exact) mass is 340 g/mol. The molecule has 0 radical (unpaired) electrons. The van der Waals surface area contributed by atoms with E-state index < -0.39 is 11.2 Å². The van der Waals surface area contributed by atoms with Gasteiger partial charge in [-0.15, -0.1) is 0 Å². The van der Waals surface area contributed by atoms with Crippen molar-refractivity contribution < 1.29 is 9.53 Å². The highest BCUT2D eigenvalue weighted by Gasteiger charge is 2.18. The smallest absolute Gasteiger partial charge is 0.332 e. The molecule has 8 nitrogen and oxygen atoms in total. The molecule has 3 heterocycles. The van der Waals surface area contributed by atoms with Gasteiger partial charge in [-0.05, 0) is 23.8 Å². The molecule has 0 saturated carbocycles. The number of hydrogen-bond acceptors (Lipinski definition) is 5. The first-order valence-corrected chi connectivity index (χ1v) is 7.87. The standard InChI is InChI=1S/C17H16N4O4/c1-19-15-14(16(23)20(2)17(19)24)21(9-18-15)8-12(22)10-3-4-13-11(7-10)5-6-25-13/h3-4,7,9H,5-6,8H2,1-2H3. The van der Waals surface area contributed by atoms with E-state index in [0.29, 0.717) is 12.2 Å². The number of hydrogen-bond donors (Lipinski definition) is 0. The first-order valence-electron chi connectivity index (χ1n) is 7.87. The van der Waals surface area contributed by atoms with Crippen LogP contribution in [0.5, 0.6) is 5.75 Å². The fraction of sp³-hybridized carbons (Fsp3) is 0.294. The molecule has 3 aromatic rings. The summed E-state index contributed by atoms with van der Waals surface area (Å²) in [6, 6.07) is 5.35. The largest absolute Gasteiger partial charge is 0.493 e. The number of ketones is 1. The summed E-state index contributed by atoms with van der Waals surface area (Å²) in [6.07, 6.45) is 2.20. The van der Waals surface area contributed by atoms with Gasteiger partial charge in [-0.25, -0.2) is 9.78 Å².